The lowest BCUT2D eigenvalue weighted by molar-refractivity contribution is 0.349. The van der Waals surface area contributed by atoms with Crippen LogP contribution in [-0.2, 0) is 0 Å². The van der Waals surface area contributed by atoms with E-state index in [1.807, 2.05) is 20.2 Å². The van der Waals surface area contributed by atoms with Crippen molar-refractivity contribution < 1.29 is 0 Å². The Labute approximate surface area is 103 Å². The fourth-order valence-corrected chi connectivity index (χ4v) is 2.47. The van der Waals surface area contributed by atoms with Crippen molar-refractivity contribution in [3.05, 3.63) is 11.8 Å². The number of aromatic nitrogens is 2. The molecule has 1 aliphatic rings. The van der Waals surface area contributed by atoms with E-state index < -0.39 is 0 Å². The standard InChI is InChI=1S/C13H22N4/c1-9-8-15-12(14-4)17-11(9)16-10-6-5-7-13(10,2)3/h8,10H,5-7H2,1-4H3,(H2,14,15,16,17). The average molecular weight is 234 g/mol. The van der Waals surface area contributed by atoms with Crippen molar-refractivity contribution in [1.82, 2.24) is 9.97 Å². The largest absolute Gasteiger partial charge is 0.366 e. The molecule has 0 saturated heterocycles. The second kappa shape index (κ2) is 4.51. The first-order valence-corrected chi connectivity index (χ1v) is 6.31. The highest BCUT2D eigenvalue weighted by molar-refractivity contribution is 5.47. The van der Waals surface area contributed by atoms with Gasteiger partial charge in [0.25, 0.3) is 0 Å². The molecule has 2 N–H and O–H groups in total. The first kappa shape index (κ1) is 12.1. The summed E-state index contributed by atoms with van der Waals surface area (Å²) in [6.45, 7) is 6.70. The van der Waals surface area contributed by atoms with Gasteiger partial charge >= 0.3 is 0 Å². The van der Waals surface area contributed by atoms with E-state index in [1.165, 1.54) is 19.3 Å². The van der Waals surface area contributed by atoms with Crippen LogP contribution in [0, 0.1) is 12.3 Å². The maximum Gasteiger partial charge on any atom is 0.224 e. The third kappa shape index (κ3) is 2.51. The smallest absolute Gasteiger partial charge is 0.224 e. The summed E-state index contributed by atoms with van der Waals surface area (Å²) in [5.41, 5.74) is 1.46. The van der Waals surface area contributed by atoms with Crippen molar-refractivity contribution in [2.45, 2.75) is 46.1 Å². The van der Waals surface area contributed by atoms with Crippen molar-refractivity contribution >= 4 is 11.8 Å². The molecule has 1 unspecified atom stereocenters. The van der Waals surface area contributed by atoms with Gasteiger partial charge in [0.2, 0.25) is 5.95 Å². The first-order chi connectivity index (χ1) is 8.03. The highest BCUT2D eigenvalue weighted by Crippen LogP contribution is 2.39. The van der Waals surface area contributed by atoms with Crippen molar-refractivity contribution in [2.75, 3.05) is 17.7 Å². The van der Waals surface area contributed by atoms with Gasteiger partial charge in [0, 0.05) is 24.8 Å². The maximum atomic E-state index is 4.49. The fraction of sp³-hybridized carbons (Fsp3) is 0.692. The molecule has 17 heavy (non-hydrogen) atoms. The van der Waals surface area contributed by atoms with Gasteiger partial charge < -0.3 is 10.6 Å². The van der Waals surface area contributed by atoms with Crippen LogP contribution in [0.3, 0.4) is 0 Å². The fourth-order valence-electron chi connectivity index (χ4n) is 2.47. The van der Waals surface area contributed by atoms with Crippen LogP contribution in [0.15, 0.2) is 6.20 Å². The van der Waals surface area contributed by atoms with Crippen LogP contribution in [0.25, 0.3) is 0 Å². The zero-order valence-corrected chi connectivity index (χ0v) is 11.2. The highest BCUT2D eigenvalue weighted by atomic mass is 15.1. The Bertz CT molecular complexity index is 400. The number of hydrogen-bond donors (Lipinski definition) is 2. The van der Waals surface area contributed by atoms with E-state index in [1.54, 1.807) is 0 Å². The molecule has 1 aromatic heterocycles. The number of hydrogen-bond acceptors (Lipinski definition) is 4. The van der Waals surface area contributed by atoms with Crippen molar-refractivity contribution in [1.29, 1.82) is 0 Å². The minimum atomic E-state index is 0.358. The van der Waals surface area contributed by atoms with E-state index in [0.29, 0.717) is 17.4 Å². The van der Waals surface area contributed by atoms with Gasteiger partial charge in [-0.25, -0.2) is 4.98 Å². The summed E-state index contributed by atoms with van der Waals surface area (Å²) >= 11 is 0. The van der Waals surface area contributed by atoms with Crippen LogP contribution < -0.4 is 10.6 Å². The molecule has 1 aliphatic carbocycles. The molecule has 0 spiro atoms. The molecule has 4 heteroatoms. The minimum absolute atomic E-state index is 0.358. The van der Waals surface area contributed by atoms with Crippen LogP contribution in [0.1, 0.15) is 38.7 Å². The molecule has 0 bridgehead atoms. The van der Waals surface area contributed by atoms with E-state index >= 15 is 0 Å². The van der Waals surface area contributed by atoms with Crippen molar-refractivity contribution in [3.8, 4) is 0 Å². The molecule has 0 amide bonds. The Kier molecular flexibility index (Phi) is 3.22. The van der Waals surface area contributed by atoms with Crippen LogP contribution in [-0.4, -0.2) is 23.1 Å². The van der Waals surface area contributed by atoms with Gasteiger partial charge in [0.1, 0.15) is 5.82 Å². The summed E-state index contributed by atoms with van der Waals surface area (Å²) in [4.78, 5) is 8.69. The number of nitrogens with zero attached hydrogens (tertiary/aromatic N) is 2. The summed E-state index contributed by atoms with van der Waals surface area (Å²) in [5, 5.41) is 6.56. The molecule has 94 valence electrons. The Morgan fingerprint density at radius 3 is 2.76 bits per heavy atom. The molecule has 1 atom stereocenters. The topological polar surface area (TPSA) is 49.8 Å². The molecule has 1 saturated carbocycles. The van der Waals surface area contributed by atoms with E-state index in [4.69, 9.17) is 0 Å². The Hall–Kier alpha value is -1.32. The van der Waals surface area contributed by atoms with E-state index in [9.17, 15) is 0 Å². The third-order valence-corrected chi connectivity index (χ3v) is 3.76. The number of nitrogens with one attached hydrogen (secondary N) is 2. The molecular formula is C13H22N4. The lowest BCUT2D eigenvalue weighted by Crippen LogP contribution is -2.31. The molecular weight excluding hydrogens is 212 g/mol. The van der Waals surface area contributed by atoms with Gasteiger partial charge in [-0.2, -0.15) is 4.98 Å². The van der Waals surface area contributed by atoms with Gasteiger partial charge in [-0.15, -0.1) is 0 Å². The molecule has 4 nitrogen and oxygen atoms in total. The molecule has 0 aromatic carbocycles. The van der Waals surface area contributed by atoms with Crippen molar-refractivity contribution in [2.24, 2.45) is 5.41 Å². The molecule has 1 heterocycles. The van der Waals surface area contributed by atoms with Crippen LogP contribution in [0.2, 0.25) is 0 Å². The first-order valence-electron chi connectivity index (χ1n) is 6.31. The zero-order valence-electron chi connectivity index (χ0n) is 11.2. The predicted molar refractivity (Wildman–Crippen MR) is 71.4 cm³/mol. The summed E-state index contributed by atoms with van der Waals surface area (Å²) in [7, 11) is 1.84. The van der Waals surface area contributed by atoms with Crippen molar-refractivity contribution in [3.63, 3.8) is 0 Å². The van der Waals surface area contributed by atoms with Crippen LogP contribution >= 0.6 is 0 Å². The number of rotatable bonds is 3. The molecule has 1 fully saturated rings. The minimum Gasteiger partial charge on any atom is -0.366 e. The van der Waals surface area contributed by atoms with Crippen LogP contribution in [0.5, 0.6) is 0 Å². The second-order valence-electron chi connectivity index (χ2n) is 5.55. The molecule has 0 radical (unpaired) electrons. The van der Waals surface area contributed by atoms with E-state index in [-0.39, 0.29) is 0 Å². The summed E-state index contributed by atoms with van der Waals surface area (Å²) < 4.78 is 0. The molecule has 1 aromatic rings. The van der Waals surface area contributed by atoms with Gasteiger partial charge in [0.15, 0.2) is 0 Å². The van der Waals surface area contributed by atoms with Gasteiger partial charge in [-0.1, -0.05) is 20.3 Å². The summed E-state index contributed by atoms with van der Waals surface area (Å²) in [6.07, 6.45) is 5.68. The van der Waals surface area contributed by atoms with Gasteiger partial charge in [0.05, 0.1) is 0 Å². The normalized spacial score (nSPS) is 22.5. The van der Waals surface area contributed by atoms with E-state index in [2.05, 4.69) is 34.4 Å². The third-order valence-electron chi connectivity index (χ3n) is 3.76. The quantitative estimate of drug-likeness (QED) is 0.844. The summed E-state index contributed by atoms with van der Waals surface area (Å²) in [6, 6.07) is 0.515. The van der Waals surface area contributed by atoms with Gasteiger partial charge in [-0.3, -0.25) is 0 Å². The van der Waals surface area contributed by atoms with E-state index in [0.717, 1.165) is 11.4 Å². The van der Waals surface area contributed by atoms with Crippen LogP contribution in [0.4, 0.5) is 11.8 Å². The Morgan fingerprint density at radius 1 is 1.41 bits per heavy atom. The highest BCUT2D eigenvalue weighted by Gasteiger charge is 2.34. The average Bonchev–Trinajstić information content (AvgIpc) is 2.61. The lowest BCUT2D eigenvalue weighted by atomic mass is 9.87. The number of aryl methyl sites for hydroxylation is 1. The molecule has 0 aliphatic heterocycles. The summed E-state index contributed by atoms with van der Waals surface area (Å²) in [5.74, 6) is 1.64. The second-order valence-corrected chi connectivity index (χ2v) is 5.55. The molecule has 2 rings (SSSR count). The predicted octanol–water partition coefficient (Wildman–Crippen LogP) is 2.82. The SMILES string of the molecule is CNc1ncc(C)c(NC2CCCC2(C)C)n1. The Morgan fingerprint density at radius 2 is 2.18 bits per heavy atom. The van der Waals surface area contributed by atoms with Gasteiger partial charge in [-0.05, 0) is 25.2 Å². The Balaban J connectivity index is 2.18. The zero-order chi connectivity index (χ0) is 12.5. The lowest BCUT2D eigenvalue weighted by Gasteiger charge is -2.28. The number of anilines is 2. The monoisotopic (exact) mass is 234 g/mol. The maximum absolute atomic E-state index is 4.49.